The molecule has 0 fully saturated rings. The Morgan fingerprint density at radius 2 is 1.05 bits per heavy atom. The van der Waals surface area contributed by atoms with E-state index in [2.05, 4.69) is 45.2 Å². The number of nitrogens with two attached hydrogens (primary N) is 1. The van der Waals surface area contributed by atoms with E-state index in [1.807, 2.05) is 91.0 Å². The van der Waals surface area contributed by atoms with Gasteiger partial charge in [-0.2, -0.15) is 0 Å². The van der Waals surface area contributed by atoms with Crippen LogP contribution in [0.4, 0.5) is 5.82 Å². The number of nitrogens with zero attached hydrogens (tertiary/aromatic N) is 8. The van der Waals surface area contributed by atoms with Crippen LogP contribution in [0.25, 0.3) is 66.8 Å². The lowest BCUT2D eigenvalue weighted by Gasteiger charge is -2.13. The van der Waals surface area contributed by atoms with Gasteiger partial charge in [0.1, 0.15) is 28.4 Å². The summed E-state index contributed by atoms with van der Waals surface area (Å²) in [5, 5.41) is 6.30. The third-order valence-electron chi connectivity index (χ3n) is 8.93. The summed E-state index contributed by atoms with van der Waals surface area (Å²) < 4.78 is 0. The van der Waals surface area contributed by atoms with Crippen molar-refractivity contribution in [3.63, 3.8) is 0 Å². The summed E-state index contributed by atoms with van der Waals surface area (Å²) in [6, 6.07) is 31.7. The van der Waals surface area contributed by atoms with Crippen LogP contribution in [0.3, 0.4) is 0 Å². The van der Waals surface area contributed by atoms with Crippen LogP contribution in [0.1, 0.15) is 11.4 Å². The van der Waals surface area contributed by atoms with Crippen LogP contribution < -0.4 is 11.1 Å². The van der Waals surface area contributed by atoms with Gasteiger partial charge < -0.3 is 21.0 Å². The van der Waals surface area contributed by atoms with Crippen LogP contribution in [0.15, 0.2) is 122 Å². The first-order valence-corrected chi connectivity index (χ1v) is 19.7. The molecule has 5 N–H and O–H groups in total. The van der Waals surface area contributed by atoms with Crippen molar-refractivity contribution in [2.45, 2.75) is 13.1 Å². The molecule has 59 heavy (non-hydrogen) atoms. The predicted octanol–water partition coefficient (Wildman–Crippen LogP) is 11.2. The summed E-state index contributed by atoms with van der Waals surface area (Å²) >= 11 is 31.0. The number of H-pyrrole nitrogens is 2. The van der Waals surface area contributed by atoms with Crippen LogP contribution in [0, 0.1) is 0 Å². The third kappa shape index (κ3) is 8.60. The fourth-order valence-corrected chi connectivity index (χ4v) is 7.26. The Bertz CT molecular complexity index is 3100. The number of hydrogen-bond donors (Lipinski definition) is 4. The standard InChI is InChI=1S/C20H13Cl2N7.C15H11Cl2N3.C7H5ClN2/c21-12-5-2-1-4-11(12)16-15(28-14-7-3-6-13(22)17(14)29-16)8-23-19-18-20(25-9-24-18)27-10-26-19;16-10-5-2-1-4-9(10)14-13(8-18)19-12-7-3-6-11(17)15(12)20-14;8-5-2-1-3-6-7(5)10-4-9-6/h1-7,9-10H,8H2,(H2,23,24,25,26,27);1-7H,8,18H2;1-4H,(H,9,10). The van der Waals surface area contributed by atoms with Gasteiger partial charge in [-0.25, -0.2) is 39.9 Å². The number of imidazole rings is 2. The highest BCUT2D eigenvalue weighted by Gasteiger charge is 2.17. The first-order chi connectivity index (χ1) is 28.8. The van der Waals surface area contributed by atoms with Crippen molar-refractivity contribution < 1.29 is 0 Å². The van der Waals surface area contributed by atoms with E-state index in [-0.39, 0.29) is 6.54 Å². The summed E-state index contributed by atoms with van der Waals surface area (Å²) in [5.41, 5.74) is 16.0. The molecule has 5 heterocycles. The molecule has 0 amide bonds. The largest absolute Gasteiger partial charge is 0.362 e. The van der Waals surface area contributed by atoms with Crippen molar-refractivity contribution >= 4 is 108 Å². The van der Waals surface area contributed by atoms with Crippen molar-refractivity contribution in [1.29, 1.82) is 0 Å². The maximum atomic E-state index is 6.45. The summed E-state index contributed by atoms with van der Waals surface area (Å²) in [7, 11) is 0. The molecule has 10 rings (SSSR count). The van der Waals surface area contributed by atoms with Crippen LogP contribution >= 0.6 is 58.0 Å². The van der Waals surface area contributed by atoms with Crippen molar-refractivity contribution in [2.24, 2.45) is 5.73 Å². The summed E-state index contributed by atoms with van der Waals surface area (Å²) in [5.74, 6) is 0.630. The minimum absolute atomic E-state index is 0.288. The van der Waals surface area contributed by atoms with Gasteiger partial charge in [0, 0.05) is 17.7 Å². The van der Waals surface area contributed by atoms with Gasteiger partial charge in [-0.3, -0.25) is 0 Å². The van der Waals surface area contributed by atoms with Gasteiger partial charge in [0.05, 0.1) is 83.6 Å². The van der Waals surface area contributed by atoms with Gasteiger partial charge >= 0.3 is 0 Å². The molecule has 292 valence electrons. The van der Waals surface area contributed by atoms with Crippen LogP contribution in [-0.2, 0) is 13.1 Å². The second-order valence-corrected chi connectivity index (χ2v) is 14.7. The van der Waals surface area contributed by atoms with E-state index in [1.54, 1.807) is 24.8 Å². The topological polar surface area (TPSA) is 173 Å². The molecule has 0 saturated heterocycles. The number of anilines is 1. The Morgan fingerprint density at radius 1 is 0.508 bits per heavy atom. The number of fused-ring (bicyclic) bond motifs is 4. The molecule has 12 nitrogen and oxygen atoms in total. The van der Waals surface area contributed by atoms with Crippen molar-refractivity contribution in [2.75, 3.05) is 5.32 Å². The molecule has 0 aliphatic rings. The number of nitrogens with one attached hydrogen (secondary N) is 3. The van der Waals surface area contributed by atoms with Gasteiger partial charge in [0.25, 0.3) is 0 Å². The Balaban J connectivity index is 0.000000138. The minimum Gasteiger partial charge on any atom is -0.362 e. The molecule has 0 saturated carbocycles. The number of aromatic nitrogens is 10. The molecule has 5 aromatic carbocycles. The Labute approximate surface area is 361 Å². The highest BCUT2D eigenvalue weighted by molar-refractivity contribution is 6.36. The summed E-state index contributed by atoms with van der Waals surface area (Å²) in [4.78, 5) is 41.4. The molecule has 17 heteroatoms. The number of hydrogen-bond acceptors (Lipinski definition) is 10. The van der Waals surface area contributed by atoms with Crippen LogP contribution in [0.2, 0.25) is 25.1 Å². The normalized spacial score (nSPS) is 11.0. The monoisotopic (exact) mass is 876 g/mol. The predicted molar refractivity (Wildman–Crippen MR) is 238 cm³/mol. The second-order valence-electron chi connectivity index (χ2n) is 12.6. The number of para-hydroxylation sites is 3. The fraction of sp³-hybridized carbons (Fsp3) is 0.0476. The first kappa shape index (κ1) is 39.8. The van der Waals surface area contributed by atoms with E-state index in [1.165, 1.54) is 6.33 Å². The fourth-order valence-electron chi connectivity index (χ4n) is 6.16. The summed E-state index contributed by atoms with van der Waals surface area (Å²) in [6.45, 7) is 0.664. The molecular weight excluding hydrogens is 850 g/mol. The van der Waals surface area contributed by atoms with E-state index < -0.39 is 0 Å². The number of aromatic amines is 2. The zero-order valence-corrected chi connectivity index (χ0v) is 34.3. The lowest BCUT2D eigenvalue weighted by molar-refractivity contribution is 0.992. The molecule has 0 bridgehead atoms. The smallest absolute Gasteiger partial charge is 0.182 e. The van der Waals surface area contributed by atoms with Gasteiger partial charge in [0.2, 0.25) is 0 Å². The molecule has 0 unspecified atom stereocenters. The highest BCUT2D eigenvalue weighted by atomic mass is 35.5. The van der Waals surface area contributed by atoms with Gasteiger partial charge in [-0.1, -0.05) is 113 Å². The average molecular weight is 879 g/mol. The highest BCUT2D eigenvalue weighted by Crippen LogP contribution is 2.33. The number of rotatable bonds is 6. The average Bonchev–Trinajstić information content (AvgIpc) is 3.95. The lowest BCUT2D eigenvalue weighted by Crippen LogP contribution is -2.08. The van der Waals surface area contributed by atoms with Crippen LogP contribution in [-0.4, -0.2) is 49.8 Å². The molecule has 0 radical (unpaired) electrons. The number of benzene rings is 5. The molecule has 5 aromatic heterocycles. The Morgan fingerprint density at radius 3 is 1.66 bits per heavy atom. The van der Waals surface area contributed by atoms with Crippen molar-refractivity contribution in [3.8, 4) is 22.5 Å². The molecule has 0 aliphatic heterocycles. The maximum Gasteiger partial charge on any atom is 0.182 e. The zero-order valence-electron chi connectivity index (χ0n) is 30.5. The summed E-state index contributed by atoms with van der Waals surface area (Å²) in [6.07, 6.45) is 4.68. The molecule has 0 aliphatic carbocycles. The third-order valence-corrected chi connectivity index (χ3v) is 10.5. The zero-order chi connectivity index (χ0) is 40.9. The van der Waals surface area contributed by atoms with E-state index in [9.17, 15) is 0 Å². The second kappa shape index (κ2) is 17.9. The lowest BCUT2D eigenvalue weighted by atomic mass is 10.1. The van der Waals surface area contributed by atoms with Gasteiger partial charge in [-0.05, 0) is 48.5 Å². The molecular formula is C42H29Cl5N12. The number of halogens is 5. The van der Waals surface area contributed by atoms with Gasteiger partial charge in [0.15, 0.2) is 11.5 Å². The Hall–Kier alpha value is -5.99. The van der Waals surface area contributed by atoms with Crippen molar-refractivity contribution in [1.82, 2.24) is 49.8 Å². The SMILES string of the molecule is Clc1cccc2[nH]cnc12.Clc1ccccc1-c1nc2c(Cl)cccc2nc1CNc1ncnc2nc[nH]c12.NCc1nc2cccc(Cl)c2nc1-c1ccccc1Cl. The van der Waals surface area contributed by atoms with E-state index in [4.69, 9.17) is 73.7 Å². The molecule has 0 atom stereocenters. The van der Waals surface area contributed by atoms with Crippen molar-refractivity contribution in [3.05, 3.63) is 159 Å². The minimum atomic E-state index is 0.288. The van der Waals surface area contributed by atoms with E-state index in [0.717, 1.165) is 38.9 Å². The maximum absolute atomic E-state index is 6.45. The molecule has 0 spiro atoms. The quantitative estimate of drug-likeness (QED) is 0.126. The van der Waals surface area contributed by atoms with E-state index >= 15 is 0 Å². The van der Waals surface area contributed by atoms with Gasteiger partial charge in [-0.15, -0.1) is 0 Å². The molecule has 10 aromatic rings. The Kier molecular flexibility index (Phi) is 12.1. The van der Waals surface area contributed by atoms with E-state index in [0.29, 0.717) is 76.8 Å². The van der Waals surface area contributed by atoms with Crippen LogP contribution in [0.5, 0.6) is 0 Å². The first-order valence-electron chi connectivity index (χ1n) is 17.8.